The minimum Gasteiger partial charge on any atom is -0.497 e. The van der Waals surface area contributed by atoms with Crippen LogP contribution >= 0.6 is 12.2 Å². The van der Waals surface area contributed by atoms with Crippen LogP contribution in [0.3, 0.4) is 0 Å². The lowest BCUT2D eigenvalue weighted by Gasteiger charge is -2.20. The molecule has 1 heterocycles. The molecule has 5 nitrogen and oxygen atoms in total. The number of aromatic amines is 1. The van der Waals surface area contributed by atoms with Gasteiger partial charge in [0.05, 0.1) is 13.7 Å². The molecule has 0 aliphatic rings. The van der Waals surface area contributed by atoms with Crippen LogP contribution in [-0.2, 0) is 4.74 Å². The van der Waals surface area contributed by atoms with E-state index in [2.05, 4.69) is 52.1 Å². The van der Waals surface area contributed by atoms with E-state index in [0.29, 0.717) is 24.8 Å². The van der Waals surface area contributed by atoms with Gasteiger partial charge in [-0.25, -0.2) is 0 Å². The van der Waals surface area contributed by atoms with Gasteiger partial charge in [-0.3, -0.25) is 0 Å². The molecule has 0 aliphatic carbocycles. The largest absolute Gasteiger partial charge is 0.497 e. The molecule has 1 aromatic heterocycles. The molecular weight excluding hydrogens is 358 g/mol. The number of nitrogens with one attached hydrogen (secondary N) is 3. The number of hydrogen-bond donors (Lipinski definition) is 3. The Bertz CT molecular complexity index is 877. The summed E-state index contributed by atoms with van der Waals surface area (Å²) in [6.45, 7) is 1.99. The van der Waals surface area contributed by atoms with Gasteiger partial charge in [-0.15, -0.1) is 0 Å². The predicted molar refractivity (Wildman–Crippen MR) is 114 cm³/mol. The van der Waals surface area contributed by atoms with E-state index in [1.807, 2.05) is 18.2 Å². The summed E-state index contributed by atoms with van der Waals surface area (Å²) >= 11 is 5.39. The van der Waals surface area contributed by atoms with Crippen molar-refractivity contribution in [2.24, 2.45) is 0 Å². The number of benzene rings is 2. The zero-order valence-electron chi connectivity index (χ0n) is 15.6. The normalized spacial score (nSPS) is 11.9. The molecule has 6 heteroatoms. The van der Waals surface area contributed by atoms with Crippen LogP contribution in [0.5, 0.6) is 5.75 Å². The average Bonchev–Trinajstić information content (AvgIpc) is 3.13. The summed E-state index contributed by atoms with van der Waals surface area (Å²) < 4.78 is 10.3. The zero-order valence-corrected chi connectivity index (χ0v) is 16.4. The summed E-state index contributed by atoms with van der Waals surface area (Å²) in [6, 6.07) is 16.5. The van der Waals surface area contributed by atoms with Crippen molar-refractivity contribution >= 4 is 28.2 Å². The molecular formula is C21H25N3O2S. The van der Waals surface area contributed by atoms with Crippen LogP contribution in [0.1, 0.15) is 17.0 Å². The van der Waals surface area contributed by atoms with E-state index in [9.17, 15) is 0 Å². The first-order valence-electron chi connectivity index (χ1n) is 8.93. The summed E-state index contributed by atoms with van der Waals surface area (Å²) in [6.07, 6.45) is 2.09. The molecule has 0 saturated heterocycles. The molecule has 0 fully saturated rings. The molecule has 3 aromatic rings. The smallest absolute Gasteiger partial charge is 0.166 e. The SMILES string of the molecule is COCCNC(=S)NC[C@H](c1ccc(OC)cc1)c1c[nH]c2ccccc12. The van der Waals surface area contributed by atoms with Gasteiger partial charge in [0.25, 0.3) is 0 Å². The third kappa shape index (κ3) is 4.78. The first-order chi connectivity index (χ1) is 13.2. The van der Waals surface area contributed by atoms with E-state index in [0.717, 1.165) is 11.3 Å². The lowest BCUT2D eigenvalue weighted by Crippen LogP contribution is -2.39. The minimum atomic E-state index is 0.147. The van der Waals surface area contributed by atoms with Gasteiger partial charge in [0.15, 0.2) is 5.11 Å². The van der Waals surface area contributed by atoms with Crippen LogP contribution in [0.2, 0.25) is 0 Å². The van der Waals surface area contributed by atoms with Crippen LogP contribution in [-0.4, -0.2) is 44.0 Å². The number of para-hydroxylation sites is 1. The second-order valence-corrected chi connectivity index (χ2v) is 6.65. The number of aromatic nitrogens is 1. The Morgan fingerprint density at radius 3 is 2.59 bits per heavy atom. The zero-order chi connectivity index (χ0) is 19.1. The van der Waals surface area contributed by atoms with E-state index in [1.165, 1.54) is 16.5 Å². The van der Waals surface area contributed by atoms with Crippen LogP contribution in [0, 0.1) is 0 Å². The molecule has 0 aliphatic heterocycles. The van der Waals surface area contributed by atoms with E-state index >= 15 is 0 Å². The van der Waals surface area contributed by atoms with Crippen molar-refractivity contribution in [2.45, 2.75) is 5.92 Å². The van der Waals surface area contributed by atoms with E-state index in [4.69, 9.17) is 21.7 Å². The number of rotatable bonds is 8. The second kappa shape index (κ2) is 9.39. The quantitative estimate of drug-likeness (QED) is 0.411. The van der Waals surface area contributed by atoms with Crippen LogP contribution < -0.4 is 15.4 Å². The molecule has 0 bridgehead atoms. The molecule has 0 radical (unpaired) electrons. The van der Waals surface area contributed by atoms with Crippen molar-refractivity contribution in [1.29, 1.82) is 0 Å². The van der Waals surface area contributed by atoms with Gasteiger partial charge < -0.3 is 25.1 Å². The highest BCUT2D eigenvalue weighted by atomic mass is 32.1. The first-order valence-corrected chi connectivity index (χ1v) is 9.34. The average molecular weight is 384 g/mol. The molecule has 0 spiro atoms. The standard InChI is InChI=1S/C21H25N3O2S/c1-25-12-11-22-21(27)24-13-18(15-7-9-16(26-2)10-8-15)19-14-23-20-6-4-3-5-17(19)20/h3-10,14,18,23H,11-13H2,1-2H3,(H2,22,24,27)/t18-/m1/s1. The van der Waals surface area contributed by atoms with Gasteiger partial charge in [0, 0.05) is 43.2 Å². The molecule has 142 valence electrons. The molecule has 2 aromatic carbocycles. The molecule has 27 heavy (non-hydrogen) atoms. The van der Waals surface area contributed by atoms with Crippen molar-refractivity contribution in [3.63, 3.8) is 0 Å². The second-order valence-electron chi connectivity index (χ2n) is 6.24. The number of methoxy groups -OCH3 is 2. The highest BCUT2D eigenvalue weighted by Crippen LogP contribution is 2.31. The first kappa shape index (κ1) is 19.2. The molecule has 3 N–H and O–H groups in total. The van der Waals surface area contributed by atoms with Crippen LogP contribution in [0.25, 0.3) is 10.9 Å². The number of ether oxygens (including phenoxy) is 2. The highest BCUT2D eigenvalue weighted by molar-refractivity contribution is 7.80. The summed E-state index contributed by atoms with van der Waals surface area (Å²) in [5.74, 6) is 0.996. The lowest BCUT2D eigenvalue weighted by atomic mass is 9.91. The van der Waals surface area contributed by atoms with Gasteiger partial charge in [-0.05, 0) is 41.5 Å². The van der Waals surface area contributed by atoms with Crippen molar-refractivity contribution < 1.29 is 9.47 Å². The van der Waals surface area contributed by atoms with Crippen LogP contribution in [0.15, 0.2) is 54.7 Å². The Balaban J connectivity index is 1.83. The third-order valence-electron chi connectivity index (χ3n) is 4.57. The van der Waals surface area contributed by atoms with Gasteiger partial charge in [0.1, 0.15) is 5.75 Å². The maximum absolute atomic E-state index is 5.39. The third-order valence-corrected chi connectivity index (χ3v) is 4.86. The van der Waals surface area contributed by atoms with Gasteiger partial charge >= 0.3 is 0 Å². The monoisotopic (exact) mass is 383 g/mol. The van der Waals surface area contributed by atoms with E-state index < -0.39 is 0 Å². The van der Waals surface area contributed by atoms with Crippen molar-refractivity contribution in [2.75, 3.05) is 33.9 Å². The Labute approximate surface area is 165 Å². The van der Waals surface area contributed by atoms with Crippen molar-refractivity contribution in [3.8, 4) is 5.75 Å². The number of H-pyrrole nitrogens is 1. The molecule has 0 saturated carbocycles. The molecule has 0 amide bonds. The fourth-order valence-corrected chi connectivity index (χ4v) is 3.34. The Hall–Kier alpha value is -2.57. The lowest BCUT2D eigenvalue weighted by molar-refractivity contribution is 0.204. The Morgan fingerprint density at radius 1 is 1.07 bits per heavy atom. The fraction of sp³-hybridized carbons (Fsp3) is 0.286. The van der Waals surface area contributed by atoms with Crippen LogP contribution in [0.4, 0.5) is 0 Å². The van der Waals surface area contributed by atoms with Gasteiger partial charge in [0.2, 0.25) is 0 Å². The van der Waals surface area contributed by atoms with E-state index in [1.54, 1.807) is 14.2 Å². The summed E-state index contributed by atoms with van der Waals surface area (Å²) in [5.41, 5.74) is 3.57. The predicted octanol–water partition coefficient (Wildman–Crippen LogP) is 3.42. The minimum absolute atomic E-state index is 0.147. The topological polar surface area (TPSA) is 58.3 Å². The van der Waals surface area contributed by atoms with Gasteiger partial charge in [-0.2, -0.15) is 0 Å². The summed E-state index contributed by atoms with van der Waals surface area (Å²) in [7, 11) is 3.35. The maximum Gasteiger partial charge on any atom is 0.166 e. The van der Waals surface area contributed by atoms with Crippen molar-refractivity contribution in [1.82, 2.24) is 15.6 Å². The number of fused-ring (bicyclic) bond motifs is 1. The van der Waals surface area contributed by atoms with Gasteiger partial charge in [-0.1, -0.05) is 30.3 Å². The fourth-order valence-electron chi connectivity index (χ4n) is 3.15. The molecule has 1 atom stereocenters. The number of thiocarbonyl (C=S) groups is 1. The van der Waals surface area contributed by atoms with E-state index in [-0.39, 0.29) is 5.92 Å². The Kier molecular flexibility index (Phi) is 6.68. The Morgan fingerprint density at radius 2 is 1.85 bits per heavy atom. The molecule has 3 rings (SSSR count). The number of hydrogen-bond acceptors (Lipinski definition) is 3. The summed E-state index contributed by atoms with van der Waals surface area (Å²) in [4.78, 5) is 3.37. The highest BCUT2D eigenvalue weighted by Gasteiger charge is 2.18. The maximum atomic E-state index is 5.39. The van der Waals surface area contributed by atoms with Crippen molar-refractivity contribution in [3.05, 3.63) is 65.9 Å². The molecule has 0 unspecified atom stereocenters. The summed E-state index contributed by atoms with van der Waals surface area (Å²) in [5, 5.41) is 8.35.